The molecule has 0 unspecified atom stereocenters. The van der Waals surface area contributed by atoms with Gasteiger partial charge in [-0.2, -0.15) is 13.2 Å². The first-order valence-electron chi connectivity index (χ1n) is 5.66. The number of halogens is 3. The average molecular weight is 281 g/mol. The van der Waals surface area contributed by atoms with E-state index in [0.29, 0.717) is 17.6 Å². The van der Waals surface area contributed by atoms with E-state index < -0.39 is 11.9 Å². The quantitative estimate of drug-likeness (QED) is 0.899. The van der Waals surface area contributed by atoms with E-state index >= 15 is 0 Å². The van der Waals surface area contributed by atoms with Crippen molar-refractivity contribution >= 4 is 16.5 Å². The normalized spacial score (nSPS) is 12.2. The molecule has 0 aliphatic rings. The molecule has 0 bridgehead atoms. The number of anilines is 1. The van der Waals surface area contributed by atoms with Gasteiger partial charge in [0.15, 0.2) is 10.8 Å². The van der Waals surface area contributed by atoms with Gasteiger partial charge in [-0.05, 0) is 12.5 Å². The van der Waals surface area contributed by atoms with Gasteiger partial charge in [0.05, 0.1) is 4.88 Å². The fraction of sp³-hybridized carbons (Fsp3) is 0.727. The number of hydrogen-bond acceptors (Lipinski definition) is 4. The zero-order chi connectivity index (χ0) is 13.9. The van der Waals surface area contributed by atoms with E-state index in [0.717, 1.165) is 11.3 Å². The summed E-state index contributed by atoms with van der Waals surface area (Å²) in [6, 6.07) is 0. The highest BCUT2D eigenvalue weighted by Crippen LogP contribution is 2.36. The Kier molecular flexibility index (Phi) is 4.98. The van der Waals surface area contributed by atoms with Crippen molar-refractivity contribution in [3.05, 3.63) is 10.6 Å². The Morgan fingerprint density at radius 3 is 2.39 bits per heavy atom. The maximum atomic E-state index is 12.8. The number of alkyl halides is 3. The zero-order valence-electron chi connectivity index (χ0n) is 10.9. The van der Waals surface area contributed by atoms with Crippen LogP contribution in [0, 0.1) is 5.92 Å². The Morgan fingerprint density at radius 1 is 1.33 bits per heavy atom. The number of nitrogens with zero attached hydrogens (tertiary/aromatic N) is 2. The van der Waals surface area contributed by atoms with Gasteiger partial charge in [0, 0.05) is 20.6 Å². The molecule has 7 heteroatoms. The number of hydrogen-bond donors (Lipinski definition) is 1. The van der Waals surface area contributed by atoms with Gasteiger partial charge < -0.3 is 10.2 Å². The lowest BCUT2D eigenvalue weighted by atomic mass is 10.2. The second-order valence-corrected chi connectivity index (χ2v) is 5.75. The fourth-order valence-corrected chi connectivity index (χ4v) is 2.32. The third kappa shape index (κ3) is 4.13. The summed E-state index contributed by atoms with van der Waals surface area (Å²) in [5.74, 6) is 0.403. The second-order valence-electron chi connectivity index (χ2n) is 4.69. The Hall–Kier alpha value is -0.820. The Bertz CT molecular complexity index is 385. The highest BCUT2D eigenvalue weighted by atomic mass is 32.1. The molecule has 0 aliphatic heterocycles. The summed E-state index contributed by atoms with van der Waals surface area (Å²) in [7, 11) is 3.37. The zero-order valence-corrected chi connectivity index (χ0v) is 11.7. The van der Waals surface area contributed by atoms with Gasteiger partial charge in [0.25, 0.3) is 0 Å². The van der Waals surface area contributed by atoms with Crippen LogP contribution in [0.1, 0.15) is 24.4 Å². The molecule has 104 valence electrons. The Balaban J connectivity index is 2.87. The molecule has 1 aromatic heterocycles. The van der Waals surface area contributed by atoms with E-state index in [2.05, 4.69) is 10.3 Å². The van der Waals surface area contributed by atoms with E-state index in [9.17, 15) is 13.2 Å². The van der Waals surface area contributed by atoms with Crippen LogP contribution in [0.15, 0.2) is 0 Å². The van der Waals surface area contributed by atoms with Gasteiger partial charge in [0.2, 0.25) is 0 Å². The molecule has 1 N–H and O–H groups in total. The summed E-state index contributed by atoms with van der Waals surface area (Å²) >= 11 is 1.08. The highest BCUT2D eigenvalue weighted by molar-refractivity contribution is 7.15. The molecule has 0 aromatic carbocycles. The van der Waals surface area contributed by atoms with Crippen LogP contribution in [0.3, 0.4) is 0 Å². The third-order valence-electron chi connectivity index (χ3n) is 2.18. The molecule has 1 rings (SSSR count). The van der Waals surface area contributed by atoms with Crippen LogP contribution >= 0.6 is 11.3 Å². The topological polar surface area (TPSA) is 28.2 Å². The predicted molar refractivity (Wildman–Crippen MR) is 68.0 cm³/mol. The largest absolute Gasteiger partial charge is 0.434 e. The van der Waals surface area contributed by atoms with E-state index in [1.807, 2.05) is 13.8 Å². The van der Waals surface area contributed by atoms with Crippen molar-refractivity contribution in [1.82, 2.24) is 10.3 Å². The first-order chi connectivity index (χ1) is 8.21. The van der Waals surface area contributed by atoms with E-state index in [1.54, 1.807) is 19.0 Å². The first kappa shape index (κ1) is 15.2. The van der Waals surface area contributed by atoms with Gasteiger partial charge in [-0.1, -0.05) is 25.2 Å². The number of thiazole rings is 1. The number of rotatable bonds is 5. The van der Waals surface area contributed by atoms with Crippen molar-refractivity contribution in [2.45, 2.75) is 26.6 Å². The molecule has 0 saturated carbocycles. The lowest BCUT2D eigenvalue weighted by Gasteiger charge is -2.08. The molecule has 0 saturated heterocycles. The fourth-order valence-electron chi connectivity index (χ4n) is 1.35. The molecule has 0 aliphatic carbocycles. The monoisotopic (exact) mass is 281 g/mol. The van der Waals surface area contributed by atoms with E-state index in [1.165, 1.54) is 0 Å². The van der Waals surface area contributed by atoms with Crippen molar-refractivity contribution in [2.24, 2.45) is 5.92 Å². The van der Waals surface area contributed by atoms with Crippen molar-refractivity contribution in [2.75, 3.05) is 25.5 Å². The summed E-state index contributed by atoms with van der Waals surface area (Å²) in [5.41, 5.74) is -0.771. The standard InChI is InChI=1S/C11H18F3N3S/c1-7(2)5-15-6-8-9(11(12,13)14)16-10(18-8)17(3)4/h7,15H,5-6H2,1-4H3. The van der Waals surface area contributed by atoms with Gasteiger partial charge in [-0.15, -0.1) is 0 Å². The molecular weight excluding hydrogens is 263 g/mol. The molecule has 3 nitrogen and oxygen atoms in total. The van der Waals surface area contributed by atoms with Gasteiger partial charge in [-0.3, -0.25) is 0 Å². The molecular formula is C11H18F3N3S. The van der Waals surface area contributed by atoms with Crippen LogP contribution in [0.5, 0.6) is 0 Å². The summed E-state index contributed by atoms with van der Waals surface area (Å²) in [6.07, 6.45) is -4.39. The molecule has 0 spiro atoms. The number of nitrogens with one attached hydrogen (secondary N) is 1. The SMILES string of the molecule is CC(C)CNCc1sc(N(C)C)nc1C(F)(F)F. The lowest BCUT2D eigenvalue weighted by Crippen LogP contribution is -2.20. The van der Waals surface area contributed by atoms with Gasteiger partial charge >= 0.3 is 6.18 Å². The van der Waals surface area contributed by atoms with Crippen molar-refractivity contribution < 1.29 is 13.2 Å². The van der Waals surface area contributed by atoms with Crippen LogP contribution < -0.4 is 10.2 Å². The smallest absolute Gasteiger partial charge is 0.354 e. The second kappa shape index (κ2) is 5.88. The molecule has 0 amide bonds. The molecule has 0 atom stereocenters. The maximum absolute atomic E-state index is 12.8. The minimum Gasteiger partial charge on any atom is -0.354 e. The minimum absolute atomic E-state index is 0.207. The Morgan fingerprint density at radius 2 is 1.94 bits per heavy atom. The molecule has 0 fully saturated rings. The minimum atomic E-state index is -4.39. The van der Waals surface area contributed by atoms with Crippen LogP contribution in [-0.2, 0) is 12.7 Å². The average Bonchev–Trinajstić information content (AvgIpc) is 2.60. The van der Waals surface area contributed by atoms with Crippen LogP contribution in [-0.4, -0.2) is 25.6 Å². The molecule has 1 heterocycles. The highest BCUT2D eigenvalue weighted by Gasteiger charge is 2.37. The van der Waals surface area contributed by atoms with Gasteiger partial charge in [-0.25, -0.2) is 4.98 Å². The van der Waals surface area contributed by atoms with E-state index in [4.69, 9.17) is 0 Å². The van der Waals surface area contributed by atoms with Crippen LogP contribution in [0.4, 0.5) is 18.3 Å². The maximum Gasteiger partial charge on any atom is 0.434 e. The molecule has 1 aromatic rings. The molecule has 0 radical (unpaired) electrons. The summed E-state index contributed by atoms with van der Waals surface area (Å²) in [5, 5.41) is 3.40. The van der Waals surface area contributed by atoms with Crippen LogP contribution in [0.25, 0.3) is 0 Å². The van der Waals surface area contributed by atoms with Crippen molar-refractivity contribution in [3.8, 4) is 0 Å². The molecule has 18 heavy (non-hydrogen) atoms. The lowest BCUT2D eigenvalue weighted by molar-refractivity contribution is -0.141. The van der Waals surface area contributed by atoms with E-state index in [-0.39, 0.29) is 11.4 Å². The number of aromatic nitrogens is 1. The van der Waals surface area contributed by atoms with Crippen molar-refractivity contribution in [3.63, 3.8) is 0 Å². The first-order valence-corrected chi connectivity index (χ1v) is 6.48. The summed E-state index contributed by atoms with van der Waals surface area (Å²) in [6.45, 7) is 4.91. The van der Waals surface area contributed by atoms with Gasteiger partial charge in [0.1, 0.15) is 0 Å². The van der Waals surface area contributed by atoms with Crippen LogP contribution in [0.2, 0.25) is 0 Å². The third-order valence-corrected chi connectivity index (χ3v) is 3.40. The summed E-state index contributed by atoms with van der Waals surface area (Å²) < 4.78 is 38.4. The predicted octanol–water partition coefficient (Wildman–Crippen LogP) is 2.97. The summed E-state index contributed by atoms with van der Waals surface area (Å²) in [4.78, 5) is 5.49. The Labute approximate surface area is 109 Å². The van der Waals surface area contributed by atoms with Crippen molar-refractivity contribution in [1.29, 1.82) is 0 Å².